The second-order valence-corrected chi connectivity index (χ2v) is 2.85. The highest BCUT2D eigenvalue weighted by molar-refractivity contribution is 5.92. The van der Waals surface area contributed by atoms with Gasteiger partial charge in [0.05, 0.1) is 6.54 Å². The summed E-state index contributed by atoms with van der Waals surface area (Å²) in [4.78, 5) is 18.6. The van der Waals surface area contributed by atoms with Crippen molar-refractivity contribution in [3.8, 4) is 11.8 Å². The molecule has 1 aromatic rings. The van der Waals surface area contributed by atoms with Crippen LogP contribution in [-0.4, -0.2) is 39.3 Å². The standard InChI is InChI=1S/C10H11N3O3/c1-7-12-6-8(10(15)16)9(13-7)11-4-2-3-5-14/h6,14H,4-5H2,1H3,(H,15,16)(H,11,12,13). The Kier molecular flexibility index (Phi) is 4.24. The molecule has 0 unspecified atom stereocenters. The Morgan fingerprint density at radius 1 is 1.56 bits per heavy atom. The molecule has 1 aromatic heterocycles. The van der Waals surface area contributed by atoms with E-state index in [9.17, 15) is 4.79 Å². The highest BCUT2D eigenvalue weighted by atomic mass is 16.4. The van der Waals surface area contributed by atoms with Crippen LogP contribution >= 0.6 is 0 Å². The zero-order chi connectivity index (χ0) is 12.0. The van der Waals surface area contributed by atoms with Crippen LogP contribution in [0.4, 0.5) is 5.82 Å². The molecule has 6 nitrogen and oxygen atoms in total. The molecule has 0 atom stereocenters. The SMILES string of the molecule is Cc1ncc(C(=O)O)c(NCC#CCO)n1. The van der Waals surface area contributed by atoms with Crippen molar-refractivity contribution in [3.63, 3.8) is 0 Å². The van der Waals surface area contributed by atoms with Crippen LogP contribution in [0.2, 0.25) is 0 Å². The number of nitrogens with one attached hydrogen (secondary N) is 1. The number of hydrogen-bond donors (Lipinski definition) is 3. The van der Waals surface area contributed by atoms with Gasteiger partial charge in [0, 0.05) is 6.20 Å². The Morgan fingerprint density at radius 3 is 2.94 bits per heavy atom. The first-order valence-corrected chi connectivity index (χ1v) is 4.52. The van der Waals surface area contributed by atoms with E-state index in [1.807, 2.05) is 0 Å². The van der Waals surface area contributed by atoms with Crippen LogP contribution in [0.5, 0.6) is 0 Å². The van der Waals surface area contributed by atoms with Crippen molar-refractivity contribution in [2.75, 3.05) is 18.5 Å². The van der Waals surface area contributed by atoms with Crippen LogP contribution in [0.25, 0.3) is 0 Å². The third-order valence-electron chi connectivity index (χ3n) is 1.69. The fourth-order valence-corrected chi connectivity index (χ4v) is 1.01. The molecule has 0 aliphatic rings. The molecule has 1 heterocycles. The summed E-state index contributed by atoms with van der Waals surface area (Å²) in [6.45, 7) is 1.66. The van der Waals surface area contributed by atoms with Crippen molar-refractivity contribution in [2.45, 2.75) is 6.92 Å². The second-order valence-electron chi connectivity index (χ2n) is 2.85. The average Bonchev–Trinajstić information content (AvgIpc) is 2.24. The molecule has 0 amide bonds. The van der Waals surface area contributed by atoms with E-state index < -0.39 is 5.97 Å². The summed E-state index contributed by atoms with van der Waals surface area (Å²) in [5.41, 5.74) is -0.00333. The highest BCUT2D eigenvalue weighted by Gasteiger charge is 2.11. The summed E-state index contributed by atoms with van der Waals surface area (Å²) in [6.07, 6.45) is 1.24. The van der Waals surface area contributed by atoms with E-state index in [2.05, 4.69) is 27.1 Å². The smallest absolute Gasteiger partial charge is 0.341 e. The van der Waals surface area contributed by atoms with Crippen molar-refractivity contribution < 1.29 is 15.0 Å². The molecule has 0 radical (unpaired) electrons. The van der Waals surface area contributed by atoms with Gasteiger partial charge in [-0.25, -0.2) is 14.8 Å². The van der Waals surface area contributed by atoms with E-state index in [1.54, 1.807) is 6.92 Å². The molecule has 0 spiro atoms. The minimum atomic E-state index is -1.10. The fraction of sp³-hybridized carbons (Fsp3) is 0.300. The van der Waals surface area contributed by atoms with Crippen LogP contribution in [-0.2, 0) is 0 Å². The lowest BCUT2D eigenvalue weighted by atomic mass is 10.3. The monoisotopic (exact) mass is 221 g/mol. The van der Waals surface area contributed by atoms with Crippen molar-refractivity contribution in [3.05, 3.63) is 17.6 Å². The third kappa shape index (κ3) is 3.22. The molecule has 3 N–H and O–H groups in total. The summed E-state index contributed by atoms with van der Waals surface area (Å²) < 4.78 is 0. The minimum absolute atomic E-state index is 0.00333. The topological polar surface area (TPSA) is 95.3 Å². The maximum Gasteiger partial charge on any atom is 0.341 e. The van der Waals surface area contributed by atoms with Gasteiger partial charge >= 0.3 is 5.97 Å². The first-order chi connectivity index (χ1) is 7.65. The zero-order valence-corrected chi connectivity index (χ0v) is 8.69. The first-order valence-electron chi connectivity index (χ1n) is 4.52. The molecule has 0 aliphatic carbocycles. The second kappa shape index (κ2) is 5.68. The van der Waals surface area contributed by atoms with Gasteiger partial charge in [0.15, 0.2) is 0 Å². The molecule has 16 heavy (non-hydrogen) atoms. The number of carboxylic acid groups (broad SMARTS) is 1. The van der Waals surface area contributed by atoms with Crippen LogP contribution in [0.3, 0.4) is 0 Å². The van der Waals surface area contributed by atoms with Crippen molar-refractivity contribution in [1.82, 2.24) is 9.97 Å². The number of aliphatic hydroxyl groups excluding tert-OH is 1. The Balaban J connectivity index is 2.84. The number of rotatable bonds is 3. The van der Waals surface area contributed by atoms with Crippen LogP contribution < -0.4 is 5.32 Å². The molecule has 0 saturated heterocycles. The lowest BCUT2D eigenvalue weighted by Gasteiger charge is -2.05. The molecule has 0 aliphatic heterocycles. The predicted octanol–water partition coefficient (Wildman–Crippen LogP) is -0.109. The first kappa shape index (κ1) is 11.9. The maximum absolute atomic E-state index is 10.8. The summed E-state index contributed by atoms with van der Waals surface area (Å²) in [6, 6.07) is 0. The van der Waals surface area contributed by atoms with E-state index in [0.717, 1.165) is 0 Å². The largest absolute Gasteiger partial charge is 0.477 e. The molecule has 84 valence electrons. The number of hydrogen-bond acceptors (Lipinski definition) is 5. The van der Waals surface area contributed by atoms with Gasteiger partial charge in [-0.1, -0.05) is 11.8 Å². The van der Waals surface area contributed by atoms with Gasteiger partial charge in [-0.15, -0.1) is 0 Å². The van der Waals surface area contributed by atoms with Crippen molar-refractivity contribution >= 4 is 11.8 Å². The molecule has 0 bridgehead atoms. The summed E-state index contributed by atoms with van der Waals surface area (Å²) in [5, 5.41) is 20.0. The summed E-state index contributed by atoms with van der Waals surface area (Å²) in [7, 11) is 0. The molecule has 0 saturated carbocycles. The molecule has 0 aromatic carbocycles. The Hall–Kier alpha value is -2.13. The minimum Gasteiger partial charge on any atom is -0.477 e. The number of anilines is 1. The average molecular weight is 221 g/mol. The quantitative estimate of drug-likeness (QED) is 0.616. The van der Waals surface area contributed by atoms with Gasteiger partial charge in [0.2, 0.25) is 0 Å². The third-order valence-corrected chi connectivity index (χ3v) is 1.69. The van der Waals surface area contributed by atoms with E-state index in [1.165, 1.54) is 6.20 Å². The molecular formula is C10H11N3O3. The van der Waals surface area contributed by atoms with Crippen LogP contribution in [0.15, 0.2) is 6.20 Å². The van der Waals surface area contributed by atoms with Crippen LogP contribution in [0, 0.1) is 18.8 Å². The summed E-state index contributed by atoms with van der Waals surface area (Å²) >= 11 is 0. The number of aliphatic hydroxyl groups is 1. The molecule has 6 heteroatoms. The number of aryl methyl sites for hydroxylation is 1. The van der Waals surface area contributed by atoms with Gasteiger partial charge in [-0.3, -0.25) is 0 Å². The van der Waals surface area contributed by atoms with E-state index in [0.29, 0.717) is 5.82 Å². The maximum atomic E-state index is 10.8. The Morgan fingerprint density at radius 2 is 2.31 bits per heavy atom. The van der Waals surface area contributed by atoms with Crippen molar-refractivity contribution in [1.29, 1.82) is 0 Å². The number of aromatic nitrogens is 2. The fourth-order valence-electron chi connectivity index (χ4n) is 1.01. The molecule has 0 fully saturated rings. The van der Waals surface area contributed by atoms with Crippen molar-refractivity contribution in [2.24, 2.45) is 0 Å². The summed E-state index contributed by atoms with van der Waals surface area (Å²) in [5.74, 6) is 4.64. The zero-order valence-electron chi connectivity index (χ0n) is 8.69. The normalized spacial score (nSPS) is 9.12. The number of carboxylic acids is 1. The number of aromatic carboxylic acids is 1. The van der Waals surface area contributed by atoms with E-state index in [-0.39, 0.29) is 24.5 Å². The van der Waals surface area contributed by atoms with Gasteiger partial charge in [0.1, 0.15) is 23.8 Å². The molecule has 1 rings (SSSR count). The lowest BCUT2D eigenvalue weighted by molar-refractivity contribution is 0.0697. The Bertz CT molecular complexity index is 448. The van der Waals surface area contributed by atoms with Crippen LogP contribution in [0.1, 0.15) is 16.2 Å². The van der Waals surface area contributed by atoms with E-state index >= 15 is 0 Å². The number of carbonyl (C=O) groups is 1. The molecular weight excluding hydrogens is 210 g/mol. The van der Waals surface area contributed by atoms with E-state index in [4.69, 9.17) is 10.2 Å². The van der Waals surface area contributed by atoms with Gasteiger partial charge in [-0.2, -0.15) is 0 Å². The lowest BCUT2D eigenvalue weighted by Crippen LogP contribution is -2.10. The highest BCUT2D eigenvalue weighted by Crippen LogP contribution is 2.10. The number of nitrogens with zero attached hydrogens (tertiary/aromatic N) is 2. The van der Waals surface area contributed by atoms with Gasteiger partial charge < -0.3 is 15.5 Å². The Labute approximate surface area is 92.4 Å². The predicted molar refractivity (Wildman–Crippen MR) is 57.1 cm³/mol. The van der Waals surface area contributed by atoms with Gasteiger partial charge in [-0.05, 0) is 6.92 Å². The van der Waals surface area contributed by atoms with Gasteiger partial charge in [0.25, 0.3) is 0 Å².